The minimum Gasteiger partial charge on any atom is -0.426 e. The molecule has 1 aromatic rings. The van der Waals surface area contributed by atoms with E-state index in [4.69, 9.17) is 0 Å². The van der Waals surface area contributed by atoms with E-state index in [2.05, 4.69) is 22.5 Å². The van der Waals surface area contributed by atoms with Crippen molar-refractivity contribution in [3.63, 3.8) is 0 Å². The first-order valence-corrected chi connectivity index (χ1v) is 13.2. The fourth-order valence-corrected chi connectivity index (χ4v) is 4.86. The number of urea groups is 1. The molecule has 3 amide bonds. The first-order chi connectivity index (χ1) is 18.4. The third kappa shape index (κ3) is 8.92. The summed E-state index contributed by atoms with van der Waals surface area (Å²) >= 11 is 0. The van der Waals surface area contributed by atoms with Crippen LogP contribution in [0.3, 0.4) is 0 Å². The van der Waals surface area contributed by atoms with Gasteiger partial charge in [0.05, 0.1) is 24.1 Å². The second-order valence-electron chi connectivity index (χ2n) is 10.7. The summed E-state index contributed by atoms with van der Waals surface area (Å²) in [6.07, 6.45) is 1.23. The molecule has 3 atom stereocenters. The fourth-order valence-electron chi connectivity index (χ4n) is 4.86. The van der Waals surface area contributed by atoms with Crippen molar-refractivity contribution in [1.29, 1.82) is 5.26 Å². The van der Waals surface area contributed by atoms with Crippen molar-refractivity contribution in [3.8, 4) is 17.9 Å². The van der Waals surface area contributed by atoms with Crippen molar-refractivity contribution in [1.82, 2.24) is 20.4 Å². The molecule has 210 valence electrons. The van der Waals surface area contributed by atoms with Crippen LogP contribution in [0.2, 0.25) is 0 Å². The molecule has 39 heavy (non-hydrogen) atoms. The number of amides is 3. The molecule has 4 N–H and O–H groups in total. The van der Waals surface area contributed by atoms with E-state index in [0.717, 1.165) is 5.56 Å². The largest absolute Gasteiger partial charge is 0.475 e. The van der Waals surface area contributed by atoms with Crippen LogP contribution in [-0.2, 0) is 11.2 Å². The highest BCUT2D eigenvalue weighted by Gasteiger charge is 2.43. The van der Waals surface area contributed by atoms with Gasteiger partial charge >= 0.3 is 13.1 Å². The monoisotopic (exact) mass is 543 g/mol. The average molecular weight is 543 g/mol. The number of hydrogen-bond acceptors (Lipinski definition) is 6. The fraction of sp³-hybridized carbons (Fsp3) is 0.593. The molecule has 0 saturated carbocycles. The second kappa shape index (κ2) is 13.2. The molecule has 12 heteroatoms. The maximum Gasteiger partial charge on any atom is 0.475 e. The van der Waals surface area contributed by atoms with Crippen LogP contribution >= 0.6 is 0 Å². The van der Waals surface area contributed by atoms with E-state index < -0.39 is 42.4 Å². The molecule has 0 spiro atoms. The maximum absolute atomic E-state index is 13.6. The zero-order valence-electron chi connectivity index (χ0n) is 22.4. The lowest BCUT2D eigenvalue weighted by molar-refractivity contribution is -0.134. The number of alkyl halides is 2. The third-order valence-corrected chi connectivity index (χ3v) is 7.16. The van der Waals surface area contributed by atoms with Crippen LogP contribution in [0.1, 0.15) is 45.1 Å². The van der Waals surface area contributed by atoms with Crippen molar-refractivity contribution in [3.05, 3.63) is 35.9 Å². The molecule has 1 unspecified atom stereocenters. The number of hydrogen-bond donors (Lipinski definition) is 4. The van der Waals surface area contributed by atoms with Gasteiger partial charge in [-0.25, -0.2) is 13.6 Å². The van der Waals surface area contributed by atoms with E-state index in [0.29, 0.717) is 19.4 Å². The summed E-state index contributed by atoms with van der Waals surface area (Å²) in [5.74, 6) is 0.753. The van der Waals surface area contributed by atoms with Gasteiger partial charge in [0.2, 0.25) is 5.91 Å². The first-order valence-electron chi connectivity index (χ1n) is 13.2. The van der Waals surface area contributed by atoms with E-state index in [1.807, 2.05) is 36.4 Å². The Kier molecular flexibility index (Phi) is 10.3. The number of benzene rings is 1. The van der Waals surface area contributed by atoms with Gasteiger partial charge in [-0.2, -0.15) is 5.26 Å². The maximum atomic E-state index is 13.6. The molecule has 2 fully saturated rings. The molecule has 0 aliphatic carbocycles. The lowest BCUT2D eigenvalue weighted by Crippen LogP contribution is -2.56. The lowest BCUT2D eigenvalue weighted by atomic mass is 9.76. The number of carbonyl (C=O) groups excluding carboxylic acids is 2. The normalized spacial score (nSPS) is 20.6. The Bertz CT molecular complexity index is 1100. The molecule has 2 saturated heterocycles. The molecule has 1 aromatic carbocycles. The number of likely N-dealkylation sites (tertiary alicyclic amines) is 2. The summed E-state index contributed by atoms with van der Waals surface area (Å²) in [6, 6.07) is 10.2. The van der Waals surface area contributed by atoms with Crippen LogP contribution in [0.25, 0.3) is 0 Å². The van der Waals surface area contributed by atoms with Gasteiger partial charge < -0.3 is 25.6 Å². The first kappa shape index (κ1) is 30.4. The van der Waals surface area contributed by atoms with Crippen molar-refractivity contribution in [2.45, 2.75) is 69.4 Å². The van der Waals surface area contributed by atoms with E-state index in [-0.39, 0.29) is 44.9 Å². The molecular weight excluding hydrogens is 507 g/mol. The Morgan fingerprint density at radius 2 is 1.97 bits per heavy atom. The molecule has 0 aromatic heterocycles. The number of rotatable bonds is 8. The van der Waals surface area contributed by atoms with Gasteiger partial charge in [-0.05, 0) is 38.7 Å². The van der Waals surface area contributed by atoms with E-state index >= 15 is 0 Å². The zero-order valence-corrected chi connectivity index (χ0v) is 22.4. The molecular formula is C27H36BF2N5O4. The van der Waals surface area contributed by atoms with Crippen LogP contribution in [-0.4, -0.2) is 88.5 Å². The summed E-state index contributed by atoms with van der Waals surface area (Å²) in [7, 11) is -1.76. The smallest absolute Gasteiger partial charge is 0.426 e. The van der Waals surface area contributed by atoms with Crippen LogP contribution < -0.4 is 10.6 Å². The number of halogens is 2. The molecule has 3 rings (SSSR count). The van der Waals surface area contributed by atoms with Crippen LogP contribution in [0.4, 0.5) is 13.6 Å². The van der Waals surface area contributed by atoms with Crippen molar-refractivity contribution in [2.75, 3.05) is 26.2 Å². The minimum absolute atomic E-state index is 0.0202. The van der Waals surface area contributed by atoms with Crippen molar-refractivity contribution < 1.29 is 28.4 Å². The number of nitriles is 1. The number of piperidine rings is 1. The minimum atomic E-state index is -2.74. The van der Waals surface area contributed by atoms with Gasteiger partial charge in [-0.3, -0.25) is 9.69 Å². The predicted octanol–water partition coefficient (Wildman–Crippen LogP) is 1.55. The Balaban J connectivity index is 1.52. The Hall–Kier alpha value is -3.19. The summed E-state index contributed by atoms with van der Waals surface area (Å²) in [5, 5.41) is 34.4. The van der Waals surface area contributed by atoms with Gasteiger partial charge in [0.25, 0.3) is 5.92 Å². The molecule has 0 bridgehead atoms. The SMILES string of the molecule is CC(C)(C#CCC(C#N)C(=O)N1CCC[C@H](NC(=O)N[C@@H](Cc2ccccc2)B(O)O)C1)N1CCC(F)(F)C1. The molecule has 2 heterocycles. The topological polar surface area (TPSA) is 129 Å². The number of nitrogens with one attached hydrogen (secondary N) is 2. The summed E-state index contributed by atoms with van der Waals surface area (Å²) in [4.78, 5) is 28.8. The lowest BCUT2D eigenvalue weighted by Gasteiger charge is -2.34. The highest BCUT2D eigenvalue weighted by molar-refractivity contribution is 6.43. The zero-order chi connectivity index (χ0) is 28.6. The third-order valence-electron chi connectivity index (χ3n) is 7.16. The summed E-state index contributed by atoms with van der Waals surface area (Å²) < 4.78 is 27.2. The van der Waals surface area contributed by atoms with Crippen LogP contribution in [0.15, 0.2) is 30.3 Å². The number of nitrogens with zero attached hydrogens (tertiary/aromatic N) is 3. The highest BCUT2D eigenvalue weighted by atomic mass is 19.3. The molecule has 2 aliphatic heterocycles. The van der Waals surface area contributed by atoms with Crippen LogP contribution in [0, 0.1) is 29.1 Å². The van der Waals surface area contributed by atoms with Gasteiger partial charge in [0, 0.05) is 38.5 Å². The average Bonchev–Trinajstić information content (AvgIpc) is 3.27. The molecule has 0 radical (unpaired) electrons. The van der Waals surface area contributed by atoms with Gasteiger partial charge in [-0.15, -0.1) is 0 Å². The highest BCUT2D eigenvalue weighted by Crippen LogP contribution is 2.31. The Morgan fingerprint density at radius 1 is 1.26 bits per heavy atom. The Labute approximate surface area is 228 Å². The van der Waals surface area contributed by atoms with E-state index in [9.17, 15) is 33.7 Å². The summed E-state index contributed by atoms with van der Waals surface area (Å²) in [6.45, 7) is 4.00. The van der Waals surface area contributed by atoms with Gasteiger partial charge in [0.1, 0.15) is 5.92 Å². The number of carbonyl (C=O) groups is 2. The van der Waals surface area contributed by atoms with E-state index in [1.165, 1.54) is 4.90 Å². The second-order valence-corrected chi connectivity index (χ2v) is 10.7. The predicted molar refractivity (Wildman–Crippen MR) is 142 cm³/mol. The quantitative estimate of drug-likeness (QED) is 0.291. The van der Waals surface area contributed by atoms with E-state index in [1.54, 1.807) is 18.7 Å². The molecule has 9 nitrogen and oxygen atoms in total. The van der Waals surface area contributed by atoms with Crippen molar-refractivity contribution in [2.24, 2.45) is 5.92 Å². The standard InChI is InChI=1S/C27H36BF2N5O4/c1-26(2,35-15-13-27(29,30)19-35)12-6-10-21(17-31)24(36)34-14-7-11-22(18-34)32-25(37)33-23(28(38)39)16-20-8-4-3-5-9-20/h3-5,8-9,21-23,38-39H,7,10-11,13-16,18-19H2,1-2H3,(H2,32,33,37)/t21?,22-,23-/m0/s1. The Morgan fingerprint density at radius 3 is 2.59 bits per heavy atom. The summed E-state index contributed by atoms with van der Waals surface area (Å²) in [5.41, 5.74) is 0.0227. The van der Waals surface area contributed by atoms with Crippen molar-refractivity contribution >= 4 is 19.1 Å². The van der Waals surface area contributed by atoms with Gasteiger partial charge in [-0.1, -0.05) is 42.2 Å². The van der Waals surface area contributed by atoms with Gasteiger partial charge in [0.15, 0.2) is 0 Å². The molecule has 2 aliphatic rings. The van der Waals surface area contributed by atoms with Crippen LogP contribution in [0.5, 0.6) is 0 Å².